The summed E-state index contributed by atoms with van der Waals surface area (Å²) < 4.78 is 5.74. The summed E-state index contributed by atoms with van der Waals surface area (Å²) in [6.07, 6.45) is 0. The molecule has 0 amide bonds. The average Bonchev–Trinajstić information content (AvgIpc) is 2.27. The van der Waals surface area contributed by atoms with Crippen molar-refractivity contribution in [3.8, 4) is 5.75 Å². The maximum Gasteiger partial charge on any atom is 0.287 e. The highest BCUT2D eigenvalue weighted by Gasteiger charge is 2.26. The van der Waals surface area contributed by atoms with E-state index >= 15 is 0 Å². The van der Waals surface area contributed by atoms with Crippen LogP contribution in [0.15, 0.2) is 22.7 Å². The Morgan fingerprint density at radius 3 is 2.67 bits per heavy atom. The van der Waals surface area contributed by atoms with E-state index in [0.717, 1.165) is 0 Å². The first-order valence-corrected chi connectivity index (χ1v) is 6.33. The van der Waals surface area contributed by atoms with Gasteiger partial charge in [-0.2, -0.15) is 0 Å². The summed E-state index contributed by atoms with van der Waals surface area (Å²) >= 11 is 3.14. The quantitative estimate of drug-likeness (QED) is 0.668. The molecule has 0 aromatic heterocycles. The molecule has 0 bridgehead atoms. The largest absolute Gasteiger partial charge is 0.489 e. The normalized spacial score (nSPS) is 14.3. The predicted molar refractivity (Wildman–Crippen MR) is 71.8 cm³/mol. The fourth-order valence-electron chi connectivity index (χ4n) is 1.14. The highest BCUT2D eigenvalue weighted by atomic mass is 79.9. The second-order valence-corrected chi connectivity index (χ2v) is 5.44. The van der Waals surface area contributed by atoms with Crippen molar-refractivity contribution in [3.05, 3.63) is 32.8 Å². The molecule has 1 aromatic carbocycles. The van der Waals surface area contributed by atoms with Crippen molar-refractivity contribution in [3.63, 3.8) is 0 Å². The first-order chi connectivity index (χ1) is 8.25. The number of nitro benzene ring substituents is 1. The number of hydrogen-bond donors (Lipinski definition) is 1. The van der Waals surface area contributed by atoms with Crippen molar-refractivity contribution in [2.75, 3.05) is 6.61 Å². The maximum absolute atomic E-state index is 10.8. The molecule has 18 heavy (non-hydrogen) atoms. The molecule has 6 heteroatoms. The van der Waals surface area contributed by atoms with Crippen molar-refractivity contribution in [1.29, 1.82) is 0 Å². The Labute approximate surface area is 114 Å². The number of hydrogen-bond acceptors (Lipinski definition) is 4. The summed E-state index contributed by atoms with van der Waals surface area (Å²) in [5.41, 5.74) is -1.04. The lowest BCUT2D eigenvalue weighted by molar-refractivity contribution is -0.385. The standard InChI is InChI=1S/C12H16BrNO4/c1-8(2)12(3,15)7-18-10-6-4-5-9(11(10)13)14(16)17/h4-6,8,15H,7H2,1-3H3. The molecule has 1 rings (SSSR count). The number of ether oxygens (including phenoxy) is 1. The lowest BCUT2D eigenvalue weighted by Gasteiger charge is -2.27. The van der Waals surface area contributed by atoms with Crippen LogP contribution in [0.5, 0.6) is 5.75 Å². The Morgan fingerprint density at radius 2 is 2.17 bits per heavy atom. The molecule has 0 heterocycles. The Kier molecular flexibility index (Phi) is 4.70. The smallest absolute Gasteiger partial charge is 0.287 e. The van der Waals surface area contributed by atoms with Crippen LogP contribution in [0, 0.1) is 16.0 Å². The van der Waals surface area contributed by atoms with E-state index in [-0.39, 0.29) is 22.7 Å². The van der Waals surface area contributed by atoms with Gasteiger partial charge in [-0.05, 0) is 34.8 Å². The molecule has 1 aromatic rings. The van der Waals surface area contributed by atoms with Gasteiger partial charge in [-0.1, -0.05) is 19.9 Å². The summed E-state index contributed by atoms with van der Waals surface area (Å²) in [6, 6.07) is 4.55. The van der Waals surface area contributed by atoms with Crippen LogP contribution >= 0.6 is 15.9 Å². The van der Waals surface area contributed by atoms with Crippen molar-refractivity contribution in [2.45, 2.75) is 26.4 Å². The van der Waals surface area contributed by atoms with Crippen LogP contribution in [-0.4, -0.2) is 22.2 Å². The molecule has 0 spiro atoms. The van der Waals surface area contributed by atoms with Gasteiger partial charge in [0.2, 0.25) is 0 Å². The molecular formula is C12H16BrNO4. The van der Waals surface area contributed by atoms with Crippen LogP contribution < -0.4 is 4.74 Å². The summed E-state index contributed by atoms with van der Waals surface area (Å²) in [7, 11) is 0. The van der Waals surface area contributed by atoms with E-state index in [2.05, 4.69) is 15.9 Å². The van der Waals surface area contributed by atoms with Crippen LogP contribution in [0.2, 0.25) is 0 Å². The molecular weight excluding hydrogens is 302 g/mol. The molecule has 1 N–H and O–H groups in total. The van der Waals surface area contributed by atoms with Gasteiger partial charge < -0.3 is 9.84 Å². The summed E-state index contributed by atoms with van der Waals surface area (Å²) in [5.74, 6) is 0.375. The second kappa shape index (κ2) is 5.67. The number of nitro groups is 1. The fraction of sp³-hybridized carbons (Fsp3) is 0.500. The molecule has 1 unspecified atom stereocenters. The van der Waals surface area contributed by atoms with Crippen LogP contribution in [-0.2, 0) is 0 Å². The first-order valence-electron chi connectivity index (χ1n) is 5.54. The molecule has 0 aliphatic carbocycles. The van der Waals surface area contributed by atoms with Crippen LogP contribution in [0.4, 0.5) is 5.69 Å². The monoisotopic (exact) mass is 317 g/mol. The van der Waals surface area contributed by atoms with E-state index in [9.17, 15) is 15.2 Å². The average molecular weight is 318 g/mol. The van der Waals surface area contributed by atoms with Gasteiger partial charge >= 0.3 is 0 Å². The molecule has 0 radical (unpaired) electrons. The predicted octanol–water partition coefficient (Wildman–Crippen LogP) is 3.14. The van der Waals surface area contributed by atoms with Gasteiger partial charge in [0.05, 0.1) is 10.5 Å². The molecule has 5 nitrogen and oxygen atoms in total. The number of aliphatic hydroxyl groups is 1. The number of halogens is 1. The number of benzene rings is 1. The third-order valence-corrected chi connectivity index (χ3v) is 3.70. The molecule has 100 valence electrons. The highest BCUT2D eigenvalue weighted by molar-refractivity contribution is 9.10. The van der Waals surface area contributed by atoms with Gasteiger partial charge in [0, 0.05) is 6.07 Å². The van der Waals surface area contributed by atoms with E-state index in [0.29, 0.717) is 5.75 Å². The molecule has 0 aliphatic heterocycles. The van der Waals surface area contributed by atoms with Gasteiger partial charge in [-0.25, -0.2) is 0 Å². The Bertz CT molecular complexity index is 446. The summed E-state index contributed by atoms with van der Waals surface area (Å²) in [4.78, 5) is 10.3. The minimum atomic E-state index is -0.982. The minimum Gasteiger partial charge on any atom is -0.489 e. The third kappa shape index (κ3) is 3.43. The molecule has 0 saturated carbocycles. The summed E-state index contributed by atoms with van der Waals surface area (Å²) in [5, 5.41) is 20.8. The highest BCUT2D eigenvalue weighted by Crippen LogP contribution is 2.34. The van der Waals surface area contributed by atoms with E-state index in [1.54, 1.807) is 19.1 Å². The van der Waals surface area contributed by atoms with Gasteiger partial charge in [0.1, 0.15) is 16.8 Å². The zero-order chi connectivity index (χ0) is 13.9. The topological polar surface area (TPSA) is 72.6 Å². The van der Waals surface area contributed by atoms with Crippen LogP contribution in [0.1, 0.15) is 20.8 Å². The first kappa shape index (κ1) is 14.9. The van der Waals surface area contributed by atoms with Crippen LogP contribution in [0.25, 0.3) is 0 Å². The lowest BCUT2D eigenvalue weighted by atomic mass is 9.94. The Hall–Kier alpha value is -1.14. The molecule has 1 atom stereocenters. The van der Waals surface area contributed by atoms with Crippen molar-refractivity contribution in [2.24, 2.45) is 5.92 Å². The minimum absolute atomic E-state index is 0.0231. The van der Waals surface area contributed by atoms with E-state index in [4.69, 9.17) is 4.74 Å². The zero-order valence-corrected chi connectivity index (χ0v) is 12.1. The third-order valence-electron chi connectivity index (χ3n) is 2.90. The van der Waals surface area contributed by atoms with Gasteiger partial charge in [-0.15, -0.1) is 0 Å². The van der Waals surface area contributed by atoms with Crippen molar-refractivity contribution < 1.29 is 14.8 Å². The van der Waals surface area contributed by atoms with E-state index < -0.39 is 10.5 Å². The van der Waals surface area contributed by atoms with Gasteiger partial charge in [0.25, 0.3) is 5.69 Å². The number of rotatable bonds is 5. The van der Waals surface area contributed by atoms with E-state index in [1.165, 1.54) is 6.07 Å². The van der Waals surface area contributed by atoms with Crippen molar-refractivity contribution >= 4 is 21.6 Å². The van der Waals surface area contributed by atoms with E-state index in [1.807, 2.05) is 13.8 Å². The summed E-state index contributed by atoms with van der Waals surface area (Å²) in [6.45, 7) is 5.51. The van der Waals surface area contributed by atoms with Crippen LogP contribution in [0.3, 0.4) is 0 Å². The molecule has 0 saturated heterocycles. The van der Waals surface area contributed by atoms with Gasteiger partial charge in [-0.3, -0.25) is 10.1 Å². The zero-order valence-electron chi connectivity index (χ0n) is 10.5. The fourth-order valence-corrected chi connectivity index (χ4v) is 1.67. The van der Waals surface area contributed by atoms with Gasteiger partial charge in [0.15, 0.2) is 0 Å². The molecule has 0 fully saturated rings. The SMILES string of the molecule is CC(C)C(C)(O)COc1cccc([N+](=O)[O-])c1Br. The second-order valence-electron chi connectivity index (χ2n) is 4.65. The Balaban J connectivity index is 2.87. The Morgan fingerprint density at radius 1 is 1.56 bits per heavy atom. The number of nitrogens with zero attached hydrogens (tertiary/aromatic N) is 1. The van der Waals surface area contributed by atoms with Crippen molar-refractivity contribution in [1.82, 2.24) is 0 Å². The maximum atomic E-state index is 10.8. The molecule has 0 aliphatic rings. The lowest BCUT2D eigenvalue weighted by Crippen LogP contribution is -2.37.